The summed E-state index contributed by atoms with van der Waals surface area (Å²) in [6, 6.07) is 0. The van der Waals surface area contributed by atoms with Crippen molar-refractivity contribution in [2.24, 2.45) is 5.92 Å². The average molecular weight is 194 g/mol. The van der Waals surface area contributed by atoms with Gasteiger partial charge in [-0.25, -0.2) is 0 Å². The molecular weight excluding hydrogens is 176 g/mol. The van der Waals surface area contributed by atoms with Crippen molar-refractivity contribution >= 4 is 6.29 Å². The molecule has 0 spiro atoms. The van der Waals surface area contributed by atoms with E-state index < -0.39 is 0 Å². The van der Waals surface area contributed by atoms with Crippen LogP contribution in [0.3, 0.4) is 0 Å². The third-order valence-electron chi connectivity index (χ3n) is 2.51. The second-order valence-electron chi connectivity index (χ2n) is 3.45. The molecule has 3 nitrogen and oxygen atoms in total. The number of carbonyl (C=O) groups is 1. The molecular formula is C11H18N2O. The summed E-state index contributed by atoms with van der Waals surface area (Å²) in [4.78, 5) is 10.5. The van der Waals surface area contributed by atoms with E-state index in [0.717, 1.165) is 37.8 Å². The van der Waals surface area contributed by atoms with E-state index in [1.807, 2.05) is 19.3 Å². The van der Waals surface area contributed by atoms with Crippen LogP contribution >= 0.6 is 0 Å². The zero-order valence-electron chi connectivity index (χ0n) is 8.62. The first-order chi connectivity index (χ1) is 6.88. The zero-order chi connectivity index (χ0) is 10.2. The fraction of sp³-hybridized carbons (Fsp3) is 0.545. The molecule has 0 radical (unpaired) electrons. The lowest BCUT2D eigenvalue weighted by Gasteiger charge is -2.23. The van der Waals surface area contributed by atoms with Crippen LogP contribution in [0.2, 0.25) is 0 Å². The molecule has 1 rings (SSSR count). The van der Waals surface area contributed by atoms with E-state index in [9.17, 15) is 4.79 Å². The summed E-state index contributed by atoms with van der Waals surface area (Å²) < 4.78 is 0. The van der Waals surface area contributed by atoms with Gasteiger partial charge in [0.2, 0.25) is 0 Å². The van der Waals surface area contributed by atoms with E-state index in [-0.39, 0.29) is 0 Å². The summed E-state index contributed by atoms with van der Waals surface area (Å²) in [6.07, 6.45) is 8.64. The molecule has 14 heavy (non-hydrogen) atoms. The first kappa shape index (κ1) is 11.0. The van der Waals surface area contributed by atoms with Gasteiger partial charge in [0.25, 0.3) is 0 Å². The highest BCUT2D eigenvalue weighted by atomic mass is 16.1. The Morgan fingerprint density at radius 2 is 2.14 bits per heavy atom. The van der Waals surface area contributed by atoms with Crippen LogP contribution in [0, 0.1) is 5.92 Å². The summed E-state index contributed by atoms with van der Waals surface area (Å²) in [5.74, 6) is 0.533. The highest BCUT2D eigenvalue weighted by molar-refractivity contribution is 5.67. The number of carbonyl (C=O) groups excluding carboxylic acids is 1. The van der Waals surface area contributed by atoms with Crippen molar-refractivity contribution in [1.82, 2.24) is 10.6 Å². The Bertz CT molecular complexity index is 227. The van der Waals surface area contributed by atoms with Gasteiger partial charge in [0.15, 0.2) is 0 Å². The third-order valence-corrected chi connectivity index (χ3v) is 2.51. The number of hydrogen-bond donors (Lipinski definition) is 2. The highest BCUT2D eigenvalue weighted by Gasteiger charge is 2.15. The molecule has 78 valence electrons. The van der Waals surface area contributed by atoms with Gasteiger partial charge in [0.1, 0.15) is 6.29 Å². The molecule has 0 aromatic carbocycles. The third kappa shape index (κ3) is 3.34. The normalized spacial score (nSPS) is 19.9. The van der Waals surface area contributed by atoms with Gasteiger partial charge in [-0.15, -0.1) is 0 Å². The highest BCUT2D eigenvalue weighted by Crippen LogP contribution is 2.21. The van der Waals surface area contributed by atoms with E-state index >= 15 is 0 Å². The van der Waals surface area contributed by atoms with Crippen LogP contribution in [0.15, 0.2) is 23.9 Å². The van der Waals surface area contributed by atoms with Crippen LogP contribution in [0.4, 0.5) is 0 Å². The van der Waals surface area contributed by atoms with Crippen molar-refractivity contribution in [1.29, 1.82) is 0 Å². The van der Waals surface area contributed by atoms with Crippen LogP contribution in [-0.2, 0) is 4.79 Å². The lowest BCUT2D eigenvalue weighted by Crippen LogP contribution is -2.28. The predicted octanol–water partition coefficient (Wildman–Crippen LogP) is 0.844. The van der Waals surface area contributed by atoms with Gasteiger partial charge in [0.05, 0.1) is 0 Å². The molecule has 0 atom stereocenters. The summed E-state index contributed by atoms with van der Waals surface area (Å²) in [6.45, 7) is 2.10. The van der Waals surface area contributed by atoms with Gasteiger partial charge < -0.3 is 10.6 Å². The quantitative estimate of drug-likeness (QED) is 0.396. The summed E-state index contributed by atoms with van der Waals surface area (Å²) in [7, 11) is 1.86. The second kappa shape index (κ2) is 6.38. The number of rotatable bonds is 4. The Kier molecular flexibility index (Phi) is 5.00. The van der Waals surface area contributed by atoms with E-state index in [0.29, 0.717) is 5.92 Å². The van der Waals surface area contributed by atoms with E-state index in [1.165, 1.54) is 0 Å². The number of nitrogens with one attached hydrogen (secondary N) is 2. The maximum atomic E-state index is 10.5. The number of allylic oxidation sites excluding steroid dienone is 3. The standard InChI is InChI=1S/C11H18N2O/c1-12-6-2-11(5-9-14)10-3-7-13-8-4-10/h2,5-6,9-10,12-13H,3-4,7-8H2,1H3/b6-2-,11-5+. The van der Waals surface area contributed by atoms with Crippen LogP contribution in [0.25, 0.3) is 0 Å². The molecule has 0 saturated carbocycles. The molecule has 1 fully saturated rings. The van der Waals surface area contributed by atoms with Crippen molar-refractivity contribution in [3.63, 3.8) is 0 Å². The average Bonchev–Trinajstić information content (AvgIpc) is 2.25. The monoisotopic (exact) mass is 194 g/mol. The Morgan fingerprint density at radius 3 is 2.71 bits per heavy atom. The first-order valence-electron chi connectivity index (χ1n) is 5.08. The Hall–Kier alpha value is -1.09. The van der Waals surface area contributed by atoms with Gasteiger partial charge in [0, 0.05) is 7.05 Å². The smallest absolute Gasteiger partial charge is 0.143 e. The lowest BCUT2D eigenvalue weighted by atomic mass is 9.89. The van der Waals surface area contributed by atoms with Crippen LogP contribution < -0.4 is 10.6 Å². The van der Waals surface area contributed by atoms with E-state index in [4.69, 9.17) is 0 Å². The fourth-order valence-corrected chi connectivity index (χ4v) is 1.74. The summed E-state index contributed by atoms with van der Waals surface area (Å²) in [5.41, 5.74) is 1.14. The van der Waals surface area contributed by atoms with E-state index in [1.54, 1.807) is 6.08 Å². The van der Waals surface area contributed by atoms with Crippen molar-refractivity contribution in [2.45, 2.75) is 12.8 Å². The van der Waals surface area contributed by atoms with Crippen molar-refractivity contribution in [2.75, 3.05) is 20.1 Å². The molecule has 0 aromatic heterocycles. The Balaban J connectivity index is 2.60. The maximum absolute atomic E-state index is 10.5. The molecule has 1 aliphatic heterocycles. The van der Waals surface area contributed by atoms with Gasteiger partial charge in [-0.2, -0.15) is 0 Å². The van der Waals surface area contributed by atoms with Gasteiger partial charge in [-0.3, -0.25) is 4.79 Å². The maximum Gasteiger partial charge on any atom is 0.143 e. The molecule has 0 bridgehead atoms. The molecule has 0 amide bonds. The van der Waals surface area contributed by atoms with Crippen LogP contribution in [-0.4, -0.2) is 26.4 Å². The number of hydrogen-bond acceptors (Lipinski definition) is 3. The summed E-state index contributed by atoms with van der Waals surface area (Å²) in [5, 5.41) is 6.26. The first-order valence-corrected chi connectivity index (χ1v) is 5.08. The molecule has 3 heteroatoms. The topological polar surface area (TPSA) is 41.1 Å². The molecule has 0 aromatic rings. The lowest BCUT2D eigenvalue weighted by molar-refractivity contribution is -0.104. The van der Waals surface area contributed by atoms with E-state index in [2.05, 4.69) is 10.6 Å². The molecule has 1 saturated heterocycles. The molecule has 0 aliphatic carbocycles. The number of piperidine rings is 1. The molecule has 1 heterocycles. The predicted molar refractivity (Wildman–Crippen MR) is 57.9 cm³/mol. The SMILES string of the molecule is CN/C=C\C(=C/C=O)C1CCNCC1. The molecule has 2 N–H and O–H groups in total. The minimum absolute atomic E-state index is 0.533. The van der Waals surface area contributed by atoms with Gasteiger partial charge in [-0.05, 0) is 55.8 Å². The van der Waals surface area contributed by atoms with Gasteiger partial charge in [-0.1, -0.05) is 0 Å². The Labute approximate surface area is 85.3 Å². The van der Waals surface area contributed by atoms with Crippen molar-refractivity contribution in [3.8, 4) is 0 Å². The fourth-order valence-electron chi connectivity index (χ4n) is 1.74. The minimum Gasteiger partial charge on any atom is -0.394 e. The molecule has 1 aliphatic rings. The van der Waals surface area contributed by atoms with Gasteiger partial charge >= 0.3 is 0 Å². The zero-order valence-corrected chi connectivity index (χ0v) is 8.62. The second-order valence-corrected chi connectivity index (χ2v) is 3.45. The van der Waals surface area contributed by atoms with Crippen molar-refractivity contribution < 1.29 is 4.79 Å². The largest absolute Gasteiger partial charge is 0.394 e. The summed E-state index contributed by atoms with van der Waals surface area (Å²) >= 11 is 0. The molecule has 0 unspecified atom stereocenters. The van der Waals surface area contributed by atoms with Crippen molar-refractivity contribution in [3.05, 3.63) is 23.9 Å². The minimum atomic E-state index is 0.533. The Morgan fingerprint density at radius 1 is 1.43 bits per heavy atom. The van der Waals surface area contributed by atoms with Crippen LogP contribution in [0.1, 0.15) is 12.8 Å². The number of aldehydes is 1. The van der Waals surface area contributed by atoms with Crippen LogP contribution in [0.5, 0.6) is 0 Å².